The van der Waals surface area contributed by atoms with Crippen LogP contribution in [-0.4, -0.2) is 11.2 Å². The second kappa shape index (κ2) is 4.73. The largest absolute Gasteiger partial charge is 0.389 e. The molecule has 0 aliphatic heterocycles. The molecule has 5 unspecified atom stereocenters. The molecule has 20 heavy (non-hydrogen) atoms. The van der Waals surface area contributed by atoms with E-state index in [0.29, 0.717) is 11.3 Å². The standard InChI is InChI=1S/C19H30O/c1-5-18(3)10-8-15-14(12-18)17(20)11-16-13(2)7-6-9-19(15,16)4/h5,13,16-17,20H,1,6-12H2,2-4H3. The maximum atomic E-state index is 10.7. The molecule has 0 saturated heterocycles. The van der Waals surface area contributed by atoms with Gasteiger partial charge >= 0.3 is 0 Å². The van der Waals surface area contributed by atoms with E-state index < -0.39 is 0 Å². The quantitative estimate of drug-likeness (QED) is 0.677. The highest BCUT2D eigenvalue weighted by molar-refractivity contribution is 5.34. The van der Waals surface area contributed by atoms with Crippen LogP contribution in [0, 0.1) is 22.7 Å². The van der Waals surface area contributed by atoms with E-state index in [-0.39, 0.29) is 11.5 Å². The fourth-order valence-electron chi connectivity index (χ4n) is 5.40. The lowest BCUT2D eigenvalue weighted by molar-refractivity contribution is 0.0202. The molecule has 1 N–H and O–H groups in total. The van der Waals surface area contributed by atoms with Gasteiger partial charge in [0.1, 0.15) is 0 Å². The molecule has 0 spiro atoms. The van der Waals surface area contributed by atoms with Crippen molar-refractivity contribution in [3.05, 3.63) is 23.8 Å². The van der Waals surface area contributed by atoms with Gasteiger partial charge in [-0.1, -0.05) is 45.3 Å². The second-order valence-corrected chi connectivity index (χ2v) is 8.18. The topological polar surface area (TPSA) is 20.2 Å². The Hall–Kier alpha value is -0.560. The van der Waals surface area contributed by atoms with Crippen LogP contribution in [0.3, 0.4) is 0 Å². The number of hydrogen-bond acceptors (Lipinski definition) is 1. The van der Waals surface area contributed by atoms with Crippen LogP contribution in [0.2, 0.25) is 0 Å². The highest BCUT2D eigenvalue weighted by atomic mass is 16.3. The summed E-state index contributed by atoms with van der Waals surface area (Å²) in [5.41, 5.74) is 3.58. The van der Waals surface area contributed by atoms with Gasteiger partial charge in [-0.15, -0.1) is 6.58 Å². The van der Waals surface area contributed by atoms with E-state index in [0.717, 1.165) is 18.8 Å². The van der Waals surface area contributed by atoms with Crippen molar-refractivity contribution in [2.45, 2.75) is 71.8 Å². The maximum Gasteiger partial charge on any atom is 0.0756 e. The fraction of sp³-hybridized carbons (Fsp3) is 0.789. The third-order valence-electron chi connectivity index (χ3n) is 6.85. The number of aliphatic hydroxyl groups is 1. The third kappa shape index (κ3) is 2.01. The van der Waals surface area contributed by atoms with Crippen LogP contribution in [0.15, 0.2) is 23.8 Å². The van der Waals surface area contributed by atoms with Crippen molar-refractivity contribution in [3.63, 3.8) is 0 Å². The number of hydrogen-bond donors (Lipinski definition) is 1. The molecule has 0 radical (unpaired) electrons. The molecule has 0 aromatic heterocycles. The Kier molecular flexibility index (Phi) is 3.40. The molecule has 0 aromatic carbocycles. The summed E-state index contributed by atoms with van der Waals surface area (Å²) in [6.07, 6.45) is 10.4. The molecule has 1 heteroatoms. The van der Waals surface area contributed by atoms with Gasteiger partial charge in [-0.05, 0) is 60.3 Å². The number of allylic oxidation sites excluding steroid dienone is 2. The normalized spacial score (nSPS) is 48.5. The zero-order chi connectivity index (χ0) is 14.5. The molecule has 0 amide bonds. The van der Waals surface area contributed by atoms with Gasteiger partial charge in [-0.3, -0.25) is 0 Å². The second-order valence-electron chi connectivity index (χ2n) is 8.18. The average Bonchev–Trinajstić information content (AvgIpc) is 2.42. The summed E-state index contributed by atoms with van der Waals surface area (Å²) >= 11 is 0. The van der Waals surface area contributed by atoms with Crippen LogP contribution in [0.25, 0.3) is 0 Å². The van der Waals surface area contributed by atoms with E-state index in [4.69, 9.17) is 0 Å². The summed E-state index contributed by atoms with van der Waals surface area (Å²) in [6.45, 7) is 11.2. The lowest BCUT2D eigenvalue weighted by Gasteiger charge is -2.54. The zero-order valence-corrected chi connectivity index (χ0v) is 13.4. The van der Waals surface area contributed by atoms with Gasteiger partial charge in [0, 0.05) is 0 Å². The molecule has 0 aromatic rings. The minimum absolute atomic E-state index is 0.191. The predicted molar refractivity (Wildman–Crippen MR) is 84.4 cm³/mol. The molecular weight excluding hydrogens is 244 g/mol. The Balaban J connectivity index is 2.02. The Labute approximate surface area is 124 Å². The van der Waals surface area contributed by atoms with Gasteiger partial charge in [0.05, 0.1) is 6.10 Å². The number of aliphatic hydroxyl groups excluding tert-OH is 1. The first-order chi connectivity index (χ1) is 9.39. The molecular formula is C19H30O. The molecule has 3 aliphatic rings. The Bertz CT molecular complexity index is 449. The average molecular weight is 274 g/mol. The summed E-state index contributed by atoms with van der Waals surface area (Å²) in [5.74, 6) is 1.46. The molecule has 1 saturated carbocycles. The van der Waals surface area contributed by atoms with E-state index >= 15 is 0 Å². The van der Waals surface area contributed by atoms with Crippen molar-refractivity contribution in [3.8, 4) is 0 Å². The van der Waals surface area contributed by atoms with Crippen molar-refractivity contribution in [2.75, 3.05) is 0 Å². The van der Waals surface area contributed by atoms with Crippen LogP contribution in [0.4, 0.5) is 0 Å². The zero-order valence-electron chi connectivity index (χ0n) is 13.4. The summed E-state index contributed by atoms with van der Waals surface area (Å²) in [4.78, 5) is 0. The van der Waals surface area contributed by atoms with Crippen molar-refractivity contribution in [1.29, 1.82) is 0 Å². The smallest absolute Gasteiger partial charge is 0.0756 e. The lowest BCUT2D eigenvalue weighted by Crippen LogP contribution is -2.46. The van der Waals surface area contributed by atoms with E-state index in [1.54, 1.807) is 5.57 Å². The van der Waals surface area contributed by atoms with Crippen LogP contribution in [0.5, 0.6) is 0 Å². The minimum atomic E-state index is -0.191. The third-order valence-corrected chi connectivity index (χ3v) is 6.85. The SMILES string of the molecule is C=CC1(C)CCC2=C(C1)C(O)CC1C(C)CCCC21C. The van der Waals surface area contributed by atoms with Crippen LogP contribution in [0.1, 0.15) is 65.7 Å². The summed E-state index contributed by atoms with van der Waals surface area (Å²) < 4.78 is 0. The summed E-state index contributed by atoms with van der Waals surface area (Å²) in [7, 11) is 0. The first-order valence-electron chi connectivity index (χ1n) is 8.44. The van der Waals surface area contributed by atoms with Crippen molar-refractivity contribution in [2.24, 2.45) is 22.7 Å². The van der Waals surface area contributed by atoms with Crippen LogP contribution < -0.4 is 0 Å². The fourth-order valence-corrected chi connectivity index (χ4v) is 5.40. The van der Waals surface area contributed by atoms with Gasteiger partial charge in [0.25, 0.3) is 0 Å². The monoisotopic (exact) mass is 274 g/mol. The van der Waals surface area contributed by atoms with Crippen LogP contribution in [-0.2, 0) is 0 Å². The Morgan fingerprint density at radius 3 is 2.75 bits per heavy atom. The van der Waals surface area contributed by atoms with Crippen molar-refractivity contribution in [1.82, 2.24) is 0 Å². The maximum absolute atomic E-state index is 10.7. The molecule has 0 heterocycles. The van der Waals surface area contributed by atoms with Gasteiger partial charge in [0.15, 0.2) is 0 Å². The molecule has 3 rings (SSSR count). The van der Waals surface area contributed by atoms with Gasteiger partial charge in [-0.2, -0.15) is 0 Å². The molecule has 112 valence electrons. The molecule has 5 atom stereocenters. The lowest BCUT2D eigenvalue weighted by atomic mass is 9.51. The van der Waals surface area contributed by atoms with E-state index in [2.05, 4.69) is 33.4 Å². The van der Waals surface area contributed by atoms with Crippen LogP contribution >= 0.6 is 0 Å². The molecule has 1 fully saturated rings. The molecule has 0 bridgehead atoms. The van der Waals surface area contributed by atoms with Gasteiger partial charge in [0.2, 0.25) is 0 Å². The molecule has 3 aliphatic carbocycles. The molecule has 1 nitrogen and oxygen atoms in total. The van der Waals surface area contributed by atoms with Crippen molar-refractivity contribution >= 4 is 0 Å². The number of rotatable bonds is 1. The highest BCUT2D eigenvalue weighted by Crippen LogP contribution is 2.59. The Morgan fingerprint density at radius 1 is 1.30 bits per heavy atom. The van der Waals surface area contributed by atoms with E-state index in [1.807, 2.05) is 0 Å². The minimum Gasteiger partial charge on any atom is -0.389 e. The van der Waals surface area contributed by atoms with E-state index in [1.165, 1.54) is 37.7 Å². The summed E-state index contributed by atoms with van der Waals surface area (Å²) in [6, 6.07) is 0. The highest BCUT2D eigenvalue weighted by Gasteiger charge is 2.50. The summed E-state index contributed by atoms with van der Waals surface area (Å²) in [5, 5.41) is 10.7. The van der Waals surface area contributed by atoms with Gasteiger partial charge < -0.3 is 5.11 Å². The first kappa shape index (κ1) is 14.4. The number of fused-ring (bicyclic) bond motifs is 2. The van der Waals surface area contributed by atoms with E-state index in [9.17, 15) is 5.11 Å². The predicted octanol–water partition coefficient (Wildman–Crippen LogP) is 4.87. The first-order valence-corrected chi connectivity index (χ1v) is 8.44. The van der Waals surface area contributed by atoms with Crippen molar-refractivity contribution < 1.29 is 5.11 Å². The van der Waals surface area contributed by atoms with Gasteiger partial charge in [-0.25, -0.2) is 0 Å². The Morgan fingerprint density at radius 2 is 2.05 bits per heavy atom.